The molecule has 0 bridgehead atoms. The van der Waals surface area contributed by atoms with Crippen LogP contribution < -0.4 is 5.56 Å². The molecule has 0 aliphatic carbocycles. The standard InChI is InChI=1S/C11H10BrNO/c1-2-13-10-7-9(12)5-3-8(10)4-6-11(13)14/h3-7H,2H2,1H3. The number of hydrogen-bond donors (Lipinski definition) is 0. The average molecular weight is 252 g/mol. The summed E-state index contributed by atoms with van der Waals surface area (Å²) in [6.07, 6.45) is 0. The molecule has 2 aromatic rings. The number of aromatic nitrogens is 1. The molecule has 2 nitrogen and oxygen atoms in total. The highest BCUT2D eigenvalue weighted by molar-refractivity contribution is 9.10. The van der Waals surface area contributed by atoms with E-state index in [0.717, 1.165) is 15.4 Å². The summed E-state index contributed by atoms with van der Waals surface area (Å²) in [6, 6.07) is 9.42. The molecule has 1 aromatic carbocycles. The van der Waals surface area contributed by atoms with E-state index in [2.05, 4.69) is 15.9 Å². The quantitative estimate of drug-likeness (QED) is 0.764. The Kier molecular flexibility index (Phi) is 2.42. The zero-order valence-corrected chi connectivity index (χ0v) is 9.41. The van der Waals surface area contributed by atoms with Gasteiger partial charge in [0.1, 0.15) is 0 Å². The maximum atomic E-state index is 11.5. The van der Waals surface area contributed by atoms with E-state index in [4.69, 9.17) is 0 Å². The molecule has 72 valence electrons. The first-order valence-corrected chi connectivity index (χ1v) is 5.31. The minimum Gasteiger partial charge on any atom is -0.309 e. The third kappa shape index (κ3) is 1.48. The highest BCUT2D eigenvalue weighted by Gasteiger charge is 2.00. The summed E-state index contributed by atoms with van der Waals surface area (Å²) in [5, 5.41) is 1.09. The lowest BCUT2D eigenvalue weighted by Gasteiger charge is -2.07. The molecule has 0 N–H and O–H groups in total. The Morgan fingerprint density at radius 1 is 1.29 bits per heavy atom. The van der Waals surface area contributed by atoms with Gasteiger partial charge in [-0.25, -0.2) is 0 Å². The number of aryl methyl sites for hydroxylation is 1. The number of pyridine rings is 1. The third-order valence-corrected chi connectivity index (χ3v) is 2.76. The van der Waals surface area contributed by atoms with Crippen molar-refractivity contribution in [2.75, 3.05) is 0 Å². The van der Waals surface area contributed by atoms with Crippen LogP contribution in [0.1, 0.15) is 6.92 Å². The van der Waals surface area contributed by atoms with E-state index >= 15 is 0 Å². The first-order chi connectivity index (χ1) is 6.72. The van der Waals surface area contributed by atoms with Gasteiger partial charge in [0.2, 0.25) is 0 Å². The number of rotatable bonds is 1. The second-order valence-corrected chi connectivity index (χ2v) is 4.03. The Morgan fingerprint density at radius 3 is 2.71 bits per heavy atom. The van der Waals surface area contributed by atoms with Gasteiger partial charge in [-0.2, -0.15) is 0 Å². The van der Waals surface area contributed by atoms with Gasteiger partial charge in [0.15, 0.2) is 0 Å². The Bertz CT molecular complexity index is 530. The molecule has 1 aromatic heterocycles. The van der Waals surface area contributed by atoms with E-state index in [9.17, 15) is 4.79 Å². The van der Waals surface area contributed by atoms with Gasteiger partial charge >= 0.3 is 0 Å². The summed E-state index contributed by atoms with van der Waals surface area (Å²) < 4.78 is 2.76. The third-order valence-electron chi connectivity index (χ3n) is 2.27. The van der Waals surface area contributed by atoms with Crippen LogP contribution in [0.3, 0.4) is 0 Å². The van der Waals surface area contributed by atoms with Gasteiger partial charge in [0.25, 0.3) is 5.56 Å². The van der Waals surface area contributed by atoms with Crippen LogP contribution >= 0.6 is 15.9 Å². The number of benzene rings is 1. The lowest BCUT2D eigenvalue weighted by atomic mass is 10.2. The fraction of sp³-hybridized carbons (Fsp3) is 0.182. The van der Waals surface area contributed by atoms with Gasteiger partial charge < -0.3 is 4.57 Å². The van der Waals surface area contributed by atoms with Crippen LogP contribution in [0.5, 0.6) is 0 Å². The second-order valence-electron chi connectivity index (χ2n) is 3.12. The van der Waals surface area contributed by atoms with Crippen molar-refractivity contribution in [3.05, 3.63) is 45.2 Å². The van der Waals surface area contributed by atoms with Crippen LogP contribution in [-0.4, -0.2) is 4.57 Å². The monoisotopic (exact) mass is 251 g/mol. The zero-order chi connectivity index (χ0) is 10.1. The maximum Gasteiger partial charge on any atom is 0.251 e. The van der Waals surface area contributed by atoms with Crippen LogP contribution in [0, 0.1) is 0 Å². The lowest BCUT2D eigenvalue weighted by Crippen LogP contribution is -2.17. The largest absolute Gasteiger partial charge is 0.309 e. The number of halogens is 1. The highest BCUT2D eigenvalue weighted by atomic mass is 79.9. The Morgan fingerprint density at radius 2 is 2.00 bits per heavy atom. The van der Waals surface area contributed by atoms with Gasteiger partial charge in [-0.05, 0) is 30.5 Å². The van der Waals surface area contributed by atoms with Crippen molar-refractivity contribution >= 4 is 26.8 Å². The van der Waals surface area contributed by atoms with Crippen molar-refractivity contribution in [2.45, 2.75) is 13.5 Å². The summed E-state index contributed by atoms with van der Waals surface area (Å²) in [6.45, 7) is 2.67. The van der Waals surface area contributed by atoms with Crippen LogP contribution in [0.4, 0.5) is 0 Å². The molecule has 0 aliphatic heterocycles. The molecular weight excluding hydrogens is 242 g/mol. The van der Waals surface area contributed by atoms with E-state index < -0.39 is 0 Å². The summed E-state index contributed by atoms with van der Waals surface area (Å²) in [5.74, 6) is 0. The predicted molar refractivity (Wildman–Crippen MR) is 61.6 cm³/mol. The Balaban J connectivity index is 2.91. The van der Waals surface area contributed by atoms with E-state index in [1.54, 1.807) is 10.6 Å². The number of hydrogen-bond acceptors (Lipinski definition) is 1. The van der Waals surface area contributed by atoms with Gasteiger partial charge in [0, 0.05) is 17.1 Å². The van der Waals surface area contributed by atoms with Crippen LogP contribution in [0.15, 0.2) is 39.6 Å². The molecular formula is C11H10BrNO. The van der Waals surface area contributed by atoms with Crippen LogP contribution in [0.25, 0.3) is 10.9 Å². The van der Waals surface area contributed by atoms with Crippen molar-refractivity contribution in [2.24, 2.45) is 0 Å². The average Bonchev–Trinajstić information content (AvgIpc) is 2.17. The van der Waals surface area contributed by atoms with Gasteiger partial charge in [-0.15, -0.1) is 0 Å². The van der Waals surface area contributed by atoms with Crippen molar-refractivity contribution in [1.82, 2.24) is 4.57 Å². The van der Waals surface area contributed by atoms with E-state index in [1.807, 2.05) is 31.2 Å². The summed E-state index contributed by atoms with van der Waals surface area (Å²) in [4.78, 5) is 11.5. The zero-order valence-electron chi connectivity index (χ0n) is 7.83. The molecule has 0 amide bonds. The molecule has 0 aliphatic rings. The molecule has 2 rings (SSSR count). The summed E-state index contributed by atoms with van der Waals surface area (Å²) in [5.41, 5.74) is 1.03. The van der Waals surface area contributed by atoms with Crippen molar-refractivity contribution in [1.29, 1.82) is 0 Å². The van der Waals surface area contributed by atoms with Crippen molar-refractivity contribution in [3.8, 4) is 0 Å². The Labute approximate surface area is 90.3 Å². The topological polar surface area (TPSA) is 22.0 Å². The van der Waals surface area contributed by atoms with Crippen molar-refractivity contribution < 1.29 is 0 Å². The minimum atomic E-state index is 0.0538. The normalized spacial score (nSPS) is 10.7. The maximum absolute atomic E-state index is 11.5. The predicted octanol–water partition coefficient (Wildman–Crippen LogP) is 2.78. The van der Waals surface area contributed by atoms with E-state index in [1.165, 1.54) is 0 Å². The summed E-state index contributed by atoms with van der Waals surface area (Å²) >= 11 is 3.40. The molecule has 0 fully saturated rings. The van der Waals surface area contributed by atoms with Crippen LogP contribution in [-0.2, 0) is 6.54 Å². The number of fused-ring (bicyclic) bond motifs is 1. The second kappa shape index (κ2) is 3.58. The van der Waals surface area contributed by atoms with E-state index in [0.29, 0.717) is 6.54 Å². The van der Waals surface area contributed by atoms with Gasteiger partial charge in [-0.3, -0.25) is 4.79 Å². The lowest BCUT2D eigenvalue weighted by molar-refractivity contribution is 0.760. The van der Waals surface area contributed by atoms with Gasteiger partial charge in [0.05, 0.1) is 5.52 Å². The SMILES string of the molecule is CCn1c(=O)ccc2ccc(Br)cc21. The molecule has 0 radical (unpaired) electrons. The Hall–Kier alpha value is -1.09. The number of nitrogens with zero attached hydrogens (tertiary/aromatic N) is 1. The first-order valence-electron chi connectivity index (χ1n) is 4.51. The molecule has 0 spiro atoms. The smallest absolute Gasteiger partial charge is 0.251 e. The molecule has 14 heavy (non-hydrogen) atoms. The molecule has 0 atom stereocenters. The molecule has 0 saturated carbocycles. The molecule has 0 unspecified atom stereocenters. The van der Waals surface area contributed by atoms with E-state index in [-0.39, 0.29) is 5.56 Å². The highest BCUT2D eigenvalue weighted by Crippen LogP contribution is 2.18. The van der Waals surface area contributed by atoms with Gasteiger partial charge in [-0.1, -0.05) is 22.0 Å². The summed E-state index contributed by atoms with van der Waals surface area (Å²) in [7, 11) is 0. The fourth-order valence-electron chi connectivity index (χ4n) is 1.59. The first kappa shape index (κ1) is 9.46. The molecule has 1 heterocycles. The molecule has 0 saturated heterocycles. The molecule has 3 heteroatoms. The van der Waals surface area contributed by atoms with Crippen molar-refractivity contribution in [3.63, 3.8) is 0 Å². The minimum absolute atomic E-state index is 0.0538. The fourth-order valence-corrected chi connectivity index (χ4v) is 1.94. The van der Waals surface area contributed by atoms with Crippen LogP contribution in [0.2, 0.25) is 0 Å².